The first-order chi connectivity index (χ1) is 24.9. The average molecular weight is 705 g/mol. The molecule has 0 radical (unpaired) electrons. The van der Waals surface area contributed by atoms with Crippen LogP contribution in [0.1, 0.15) is 85.9 Å². The number of methoxy groups -OCH3 is 1. The van der Waals surface area contributed by atoms with Gasteiger partial charge in [-0.05, 0) is 92.0 Å². The standard InChI is InChI=1S/C42H49FN6OS/c1-28-14-20-40(51-28)36-26-48(25-31-12-8-5-9-13-31)27-38(29(36)2)49(43)41-21-19-37(46-47-41)35-22-34(24-45-42(35)44)33-18-17-32(39(23-33)50-3)16-15-30-10-6-4-7-11-30/h14,17-24,26-27,30-31H,2,4-13,15-16,25H2,1,3H3,(H2,44,45). The number of thiophene rings is 1. The molecule has 4 aromatic rings. The van der Waals surface area contributed by atoms with E-state index < -0.39 is 0 Å². The van der Waals surface area contributed by atoms with Crippen molar-refractivity contribution >= 4 is 28.5 Å². The number of rotatable bonds is 11. The van der Waals surface area contributed by atoms with E-state index in [2.05, 4.69) is 70.1 Å². The van der Waals surface area contributed by atoms with Crippen molar-refractivity contribution in [2.24, 2.45) is 11.8 Å². The first-order valence-corrected chi connectivity index (χ1v) is 19.4. The number of anilines is 2. The Kier molecular flexibility index (Phi) is 10.8. The Labute approximate surface area is 305 Å². The number of aromatic nitrogens is 3. The number of hydrogen-bond acceptors (Lipinski definition) is 8. The third-order valence-corrected chi connectivity index (χ3v) is 11.9. The summed E-state index contributed by atoms with van der Waals surface area (Å²) in [6, 6.07) is 15.9. The molecule has 1 aromatic carbocycles. The van der Waals surface area contributed by atoms with Gasteiger partial charge in [-0.25, -0.2) is 4.98 Å². The van der Waals surface area contributed by atoms with Gasteiger partial charge in [-0.1, -0.05) is 74.6 Å². The molecule has 2 fully saturated rings. The molecule has 3 aromatic heterocycles. The normalized spacial score (nSPS) is 17.3. The van der Waals surface area contributed by atoms with E-state index in [4.69, 9.17) is 10.5 Å². The minimum Gasteiger partial charge on any atom is -0.496 e. The van der Waals surface area contributed by atoms with Gasteiger partial charge in [0.15, 0.2) is 5.82 Å². The van der Waals surface area contributed by atoms with Gasteiger partial charge in [0, 0.05) is 57.2 Å². The molecule has 4 heterocycles. The van der Waals surface area contributed by atoms with Gasteiger partial charge in [0.25, 0.3) is 0 Å². The van der Waals surface area contributed by atoms with E-state index in [9.17, 15) is 0 Å². The van der Waals surface area contributed by atoms with Gasteiger partial charge in [-0.15, -0.1) is 21.5 Å². The van der Waals surface area contributed by atoms with Gasteiger partial charge >= 0.3 is 0 Å². The molecule has 51 heavy (non-hydrogen) atoms. The minimum atomic E-state index is 0.0728. The van der Waals surface area contributed by atoms with Crippen molar-refractivity contribution in [1.29, 1.82) is 0 Å². The molecule has 2 aliphatic carbocycles. The minimum absolute atomic E-state index is 0.0728. The Bertz CT molecular complexity index is 1900. The maximum Gasteiger partial charge on any atom is 0.185 e. The van der Waals surface area contributed by atoms with E-state index >= 15 is 4.48 Å². The molecule has 9 heteroatoms. The van der Waals surface area contributed by atoms with Crippen molar-refractivity contribution in [3.63, 3.8) is 0 Å². The summed E-state index contributed by atoms with van der Waals surface area (Å²) in [6.45, 7) is 7.27. The van der Waals surface area contributed by atoms with E-state index in [0.717, 1.165) is 46.2 Å². The predicted octanol–water partition coefficient (Wildman–Crippen LogP) is 10.7. The summed E-state index contributed by atoms with van der Waals surface area (Å²) >= 11 is 1.69. The number of pyridine rings is 1. The van der Waals surface area contributed by atoms with Gasteiger partial charge in [0.1, 0.15) is 17.3 Å². The Morgan fingerprint density at radius 3 is 2.37 bits per heavy atom. The van der Waals surface area contributed by atoms with Gasteiger partial charge in [0.05, 0.1) is 12.8 Å². The molecule has 0 spiro atoms. The van der Waals surface area contributed by atoms with Crippen molar-refractivity contribution in [2.75, 3.05) is 24.5 Å². The summed E-state index contributed by atoms with van der Waals surface area (Å²) in [5, 5.41) is 9.36. The Morgan fingerprint density at radius 1 is 0.922 bits per heavy atom. The lowest BCUT2D eigenvalue weighted by Gasteiger charge is -2.32. The fraction of sp³-hybridized carbons (Fsp3) is 0.405. The number of aryl methyl sites for hydroxylation is 2. The van der Waals surface area contributed by atoms with Crippen molar-refractivity contribution in [2.45, 2.75) is 84.0 Å². The fourth-order valence-electron chi connectivity index (χ4n) is 7.89. The fourth-order valence-corrected chi connectivity index (χ4v) is 8.79. The highest BCUT2D eigenvalue weighted by atomic mass is 32.1. The topological polar surface area (TPSA) is 80.4 Å². The lowest BCUT2D eigenvalue weighted by Crippen LogP contribution is -2.28. The molecule has 7 rings (SSSR count). The smallest absolute Gasteiger partial charge is 0.185 e. The molecule has 2 N–H and O–H groups in total. The van der Waals surface area contributed by atoms with Crippen LogP contribution in [0.15, 0.2) is 85.0 Å². The van der Waals surface area contributed by atoms with Crippen LogP contribution in [0, 0.1) is 18.8 Å². The molecule has 3 aliphatic rings. The summed E-state index contributed by atoms with van der Waals surface area (Å²) < 4.78 is 22.2. The first kappa shape index (κ1) is 34.9. The first-order valence-electron chi connectivity index (χ1n) is 18.5. The van der Waals surface area contributed by atoms with Crippen molar-refractivity contribution in [3.05, 3.63) is 100 Å². The highest BCUT2D eigenvalue weighted by molar-refractivity contribution is 7.13. The van der Waals surface area contributed by atoms with E-state index in [0.29, 0.717) is 39.4 Å². The largest absolute Gasteiger partial charge is 0.496 e. The summed E-state index contributed by atoms with van der Waals surface area (Å²) in [6.07, 6.45) is 20.9. The zero-order valence-electron chi connectivity index (χ0n) is 29.9. The van der Waals surface area contributed by atoms with Crippen molar-refractivity contribution in [3.8, 4) is 28.1 Å². The molecule has 0 amide bonds. The van der Waals surface area contributed by atoms with Gasteiger partial charge < -0.3 is 15.4 Å². The number of halogens is 1. The molecule has 0 bridgehead atoms. The van der Waals surface area contributed by atoms with Crippen molar-refractivity contribution in [1.82, 2.24) is 20.1 Å². The Hall–Kier alpha value is -4.50. The number of hydrogen-bond donors (Lipinski definition) is 1. The number of benzene rings is 1. The quantitative estimate of drug-likeness (QED) is 0.156. The van der Waals surface area contributed by atoms with Gasteiger partial charge in [-0.2, -0.15) is 5.12 Å². The molecule has 0 atom stereocenters. The van der Waals surface area contributed by atoms with Crippen LogP contribution in [0.5, 0.6) is 5.75 Å². The molecule has 2 saturated carbocycles. The summed E-state index contributed by atoms with van der Waals surface area (Å²) in [5.74, 6) is 2.68. The third-order valence-electron chi connectivity index (χ3n) is 10.8. The highest BCUT2D eigenvalue weighted by Gasteiger charge is 2.27. The lowest BCUT2D eigenvalue weighted by atomic mass is 9.85. The Morgan fingerprint density at radius 2 is 1.69 bits per heavy atom. The average Bonchev–Trinajstić information content (AvgIpc) is 3.61. The number of nitrogens with two attached hydrogens (primary N) is 1. The third kappa shape index (κ3) is 8.04. The van der Waals surface area contributed by atoms with Crippen LogP contribution >= 0.6 is 11.3 Å². The maximum atomic E-state index is 16.4. The molecule has 0 unspecified atom stereocenters. The molecule has 0 saturated heterocycles. The zero-order chi connectivity index (χ0) is 35.3. The van der Waals surface area contributed by atoms with Gasteiger partial charge in [0.2, 0.25) is 0 Å². The monoisotopic (exact) mass is 704 g/mol. The molecule has 266 valence electrons. The van der Waals surface area contributed by atoms with E-state index in [-0.39, 0.29) is 5.82 Å². The zero-order valence-corrected chi connectivity index (χ0v) is 30.7. The molecule has 1 aliphatic heterocycles. The molecular formula is C42H49FN6OS. The Balaban J connectivity index is 1.10. The van der Waals surface area contributed by atoms with E-state index in [1.807, 2.05) is 12.3 Å². The summed E-state index contributed by atoms with van der Waals surface area (Å²) in [7, 11) is 1.73. The van der Waals surface area contributed by atoms with Crippen LogP contribution in [0.2, 0.25) is 0 Å². The van der Waals surface area contributed by atoms with Crippen LogP contribution in [-0.2, 0) is 6.42 Å². The summed E-state index contributed by atoms with van der Waals surface area (Å²) in [4.78, 5) is 8.90. The number of allylic oxidation sites excluding steroid dienone is 1. The molecular weight excluding hydrogens is 656 g/mol. The SMILES string of the molecule is C=C1C(c2ccc(C)s2)=CN(CC2CCCCC2)C=C1N(F)c1ccc(-c2cc(-c3ccc(CCC4CCCCC4)c(OC)c3)cnc2N)nn1. The second-order valence-electron chi connectivity index (χ2n) is 14.4. The van der Waals surface area contributed by atoms with E-state index in [1.165, 1.54) is 81.1 Å². The number of nitrogens with zero attached hydrogens (tertiary/aromatic N) is 5. The van der Waals surface area contributed by atoms with Crippen molar-refractivity contribution < 1.29 is 9.22 Å². The van der Waals surface area contributed by atoms with Crippen LogP contribution < -0.4 is 15.6 Å². The second kappa shape index (κ2) is 15.8. The van der Waals surface area contributed by atoms with Crippen LogP contribution in [0.3, 0.4) is 0 Å². The molecule has 7 nitrogen and oxygen atoms in total. The van der Waals surface area contributed by atoms with Crippen LogP contribution in [-0.4, -0.2) is 33.7 Å². The van der Waals surface area contributed by atoms with Crippen LogP contribution in [0.4, 0.5) is 16.1 Å². The van der Waals surface area contributed by atoms with Crippen LogP contribution in [0.25, 0.3) is 28.0 Å². The summed E-state index contributed by atoms with van der Waals surface area (Å²) in [5.41, 5.74) is 12.5. The highest BCUT2D eigenvalue weighted by Crippen LogP contribution is 2.40. The predicted molar refractivity (Wildman–Crippen MR) is 208 cm³/mol. The lowest BCUT2D eigenvalue weighted by molar-refractivity contribution is 0.293. The second-order valence-corrected chi connectivity index (χ2v) is 15.7. The van der Waals surface area contributed by atoms with E-state index in [1.54, 1.807) is 36.8 Å². The number of nitrogen functional groups attached to an aromatic ring is 1. The number of ether oxygens (including phenoxy) is 1. The maximum absolute atomic E-state index is 16.4. The van der Waals surface area contributed by atoms with Gasteiger partial charge in [-0.3, -0.25) is 0 Å².